The molecule has 9 heteroatoms. The van der Waals surface area contributed by atoms with Crippen LogP contribution in [0.5, 0.6) is 0 Å². The zero-order valence-corrected chi connectivity index (χ0v) is 15.6. The van der Waals surface area contributed by atoms with Crippen LogP contribution in [-0.2, 0) is 10.0 Å². The van der Waals surface area contributed by atoms with E-state index in [1.54, 1.807) is 0 Å². The molecule has 3 rings (SSSR count). The second kappa shape index (κ2) is 7.43. The number of anilines is 1. The predicted molar refractivity (Wildman–Crippen MR) is 100 cm³/mol. The van der Waals surface area contributed by atoms with Crippen LogP contribution in [0.1, 0.15) is 23.2 Å². The first-order valence-corrected chi connectivity index (χ1v) is 9.75. The van der Waals surface area contributed by atoms with Crippen molar-refractivity contribution >= 4 is 39.1 Å². The first-order valence-electron chi connectivity index (χ1n) is 7.93. The first-order chi connectivity index (χ1) is 12.3. The monoisotopic (exact) mass is 392 g/mol. The van der Waals surface area contributed by atoms with Gasteiger partial charge in [-0.1, -0.05) is 11.6 Å². The molecule has 1 aliphatic rings. The summed E-state index contributed by atoms with van der Waals surface area (Å²) in [5.41, 5.74) is 0.824. The number of nitrogens with one attached hydrogen (secondary N) is 1. The molecule has 0 atom stereocenters. The Balaban J connectivity index is 1.75. The Morgan fingerprint density at radius 3 is 2.62 bits per heavy atom. The van der Waals surface area contributed by atoms with Crippen LogP contribution in [0.2, 0.25) is 5.15 Å². The minimum Gasteiger partial charge on any atom is -0.362 e. The maximum absolute atomic E-state index is 12.4. The fourth-order valence-corrected chi connectivity index (χ4v) is 3.83. The van der Waals surface area contributed by atoms with Crippen LogP contribution in [0, 0.1) is 0 Å². The normalized spacial score (nSPS) is 16.1. The van der Waals surface area contributed by atoms with Crippen LogP contribution in [0.3, 0.4) is 0 Å². The van der Waals surface area contributed by atoms with Gasteiger partial charge >= 0.3 is 0 Å². The van der Waals surface area contributed by atoms with Gasteiger partial charge in [-0.15, -0.1) is 4.40 Å². The number of carbonyl (C=O) groups is 1. The summed E-state index contributed by atoms with van der Waals surface area (Å²) in [6, 6.07) is 8.86. The Morgan fingerprint density at radius 2 is 2.00 bits per heavy atom. The quantitative estimate of drug-likeness (QED) is 0.808. The number of likely N-dealkylation sites (tertiary alicyclic amines) is 1. The molecule has 26 heavy (non-hydrogen) atoms. The Hall–Kier alpha value is -2.45. The molecular formula is C17H17ClN4O3S. The van der Waals surface area contributed by atoms with Gasteiger partial charge in [0.25, 0.3) is 15.9 Å². The number of halogens is 1. The smallest absolute Gasteiger partial charge is 0.283 e. The number of pyridine rings is 1. The molecule has 0 spiro atoms. The number of nitrogens with zero attached hydrogens (tertiary/aromatic N) is 3. The number of hydrogen-bond acceptors (Lipinski definition) is 4. The van der Waals surface area contributed by atoms with Crippen molar-refractivity contribution in [2.75, 3.05) is 18.9 Å². The lowest BCUT2D eigenvalue weighted by atomic mass is 10.2. The zero-order valence-electron chi connectivity index (χ0n) is 14.0. The predicted octanol–water partition coefficient (Wildman–Crippen LogP) is 2.80. The van der Waals surface area contributed by atoms with E-state index in [0.717, 1.165) is 13.0 Å². The molecule has 1 N–H and O–H groups in total. The molecule has 0 radical (unpaired) electrons. The van der Waals surface area contributed by atoms with Crippen LogP contribution < -0.4 is 5.32 Å². The van der Waals surface area contributed by atoms with Gasteiger partial charge in [0.15, 0.2) is 0 Å². The van der Waals surface area contributed by atoms with Crippen molar-refractivity contribution in [2.24, 2.45) is 4.40 Å². The number of aromatic nitrogens is 1. The molecule has 0 bridgehead atoms. The molecule has 1 saturated heterocycles. The summed E-state index contributed by atoms with van der Waals surface area (Å²) in [5, 5.41) is 2.90. The van der Waals surface area contributed by atoms with Gasteiger partial charge in [-0.25, -0.2) is 4.98 Å². The van der Waals surface area contributed by atoms with Crippen molar-refractivity contribution in [1.82, 2.24) is 9.88 Å². The summed E-state index contributed by atoms with van der Waals surface area (Å²) in [6.07, 6.45) is 2.99. The van der Waals surface area contributed by atoms with Crippen molar-refractivity contribution in [3.05, 3.63) is 53.3 Å². The van der Waals surface area contributed by atoms with Crippen molar-refractivity contribution in [1.29, 1.82) is 0 Å². The summed E-state index contributed by atoms with van der Waals surface area (Å²) in [4.78, 5) is 17.9. The average Bonchev–Trinajstić information content (AvgIpc) is 2.99. The van der Waals surface area contributed by atoms with Gasteiger partial charge < -0.3 is 10.2 Å². The lowest BCUT2D eigenvalue weighted by Crippen LogP contribution is -2.20. The molecule has 0 saturated carbocycles. The zero-order chi connectivity index (χ0) is 18.7. The summed E-state index contributed by atoms with van der Waals surface area (Å²) >= 11 is 5.77. The lowest BCUT2D eigenvalue weighted by Gasteiger charge is -2.11. The number of sulfonamides is 1. The molecule has 2 heterocycles. The topological polar surface area (TPSA) is 91.7 Å². The highest BCUT2D eigenvalue weighted by atomic mass is 35.5. The molecule has 2 aromatic rings. The molecule has 1 fully saturated rings. The van der Waals surface area contributed by atoms with Gasteiger partial charge in [0.05, 0.1) is 4.90 Å². The van der Waals surface area contributed by atoms with E-state index >= 15 is 0 Å². The van der Waals surface area contributed by atoms with Crippen LogP contribution >= 0.6 is 11.6 Å². The SMILES string of the molecule is CN1CCC/C1=N\S(=O)(=O)c1ccc(NC(=O)c2ccnc(Cl)c2)cc1. The van der Waals surface area contributed by atoms with E-state index in [1.165, 1.54) is 42.6 Å². The van der Waals surface area contributed by atoms with Crippen LogP contribution in [0.4, 0.5) is 5.69 Å². The molecule has 1 amide bonds. The van der Waals surface area contributed by atoms with Gasteiger partial charge in [-0.3, -0.25) is 4.79 Å². The third kappa shape index (κ3) is 4.20. The molecule has 0 aliphatic carbocycles. The number of rotatable bonds is 4. The highest BCUT2D eigenvalue weighted by Gasteiger charge is 2.20. The number of benzene rings is 1. The van der Waals surface area contributed by atoms with Crippen molar-refractivity contribution in [3.63, 3.8) is 0 Å². The summed E-state index contributed by atoms with van der Waals surface area (Å²) in [7, 11) is -1.95. The van der Waals surface area contributed by atoms with E-state index in [4.69, 9.17) is 11.6 Å². The van der Waals surface area contributed by atoms with Crippen molar-refractivity contribution in [3.8, 4) is 0 Å². The Morgan fingerprint density at radius 1 is 1.27 bits per heavy atom. The largest absolute Gasteiger partial charge is 0.362 e. The molecule has 1 aromatic heterocycles. The third-order valence-corrected chi connectivity index (χ3v) is 5.48. The van der Waals surface area contributed by atoms with Crippen molar-refractivity contribution in [2.45, 2.75) is 17.7 Å². The van der Waals surface area contributed by atoms with E-state index < -0.39 is 10.0 Å². The van der Waals surface area contributed by atoms with E-state index in [0.29, 0.717) is 23.5 Å². The second-order valence-electron chi connectivity index (χ2n) is 5.85. The maximum atomic E-state index is 12.4. The average molecular weight is 393 g/mol. The molecule has 1 aromatic carbocycles. The molecule has 136 valence electrons. The summed E-state index contributed by atoms with van der Waals surface area (Å²) in [6.45, 7) is 0.804. The van der Waals surface area contributed by atoms with Gasteiger partial charge in [0.2, 0.25) is 0 Å². The van der Waals surface area contributed by atoms with E-state index in [2.05, 4.69) is 14.7 Å². The number of carbonyl (C=O) groups excluding carboxylic acids is 1. The molecule has 7 nitrogen and oxygen atoms in total. The van der Waals surface area contributed by atoms with E-state index in [1.807, 2.05) is 11.9 Å². The Bertz CT molecular complexity index is 958. The van der Waals surface area contributed by atoms with Gasteiger partial charge in [0, 0.05) is 37.5 Å². The minimum atomic E-state index is -3.77. The molecule has 0 unspecified atom stereocenters. The van der Waals surface area contributed by atoms with Gasteiger partial charge in [0.1, 0.15) is 11.0 Å². The molecular weight excluding hydrogens is 376 g/mol. The first kappa shape index (κ1) is 18.3. The van der Waals surface area contributed by atoms with Crippen molar-refractivity contribution < 1.29 is 13.2 Å². The Labute approximate surface area is 156 Å². The van der Waals surface area contributed by atoms with E-state index in [-0.39, 0.29) is 16.0 Å². The minimum absolute atomic E-state index is 0.0789. The fraction of sp³-hybridized carbons (Fsp3) is 0.235. The summed E-state index contributed by atoms with van der Waals surface area (Å²) < 4.78 is 28.7. The second-order valence-corrected chi connectivity index (χ2v) is 7.84. The highest BCUT2D eigenvalue weighted by molar-refractivity contribution is 7.90. The number of hydrogen-bond donors (Lipinski definition) is 1. The summed E-state index contributed by atoms with van der Waals surface area (Å²) in [5.74, 6) is 0.203. The lowest BCUT2D eigenvalue weighted by molar-refractivity contribution is 0.102. The molecule has 1 aliphatic heterocycles. The standard InChI is InChI=1S/C17H17ClN4O3S/c1-22-10-2-3-16(22)21-26(24,25)14-6-4-13(5-7-14)20-17(23)12-8-9-19-15(18)11-12/h4-9,11H,2-3,10H2,1H3,(H,20,23)/b21-16+. The highest BCUT2D eigenvalue weighted by Crippen LogP contribution is 2.19. The van der Waals surface area contributed by atoms with Crippen LogP contribution in [0.25, 0.3) is 0 Å². The van der Waals surface area contributed by atoms with Crippen LogP contribution in [0.15, 0.2) is 51.9 Å². The van der Waals surface area contributed by atoms with Crippen LogP contribution in [-0.4, -0.2) is 43.6 Å². The van der Waals surface area contributed by atoms with Gasteiger partial charge in [-0.2, -0.15) is 8.42 Å². The fourth-order valence-electron chi connectivity index (χ4n) is 2.56. The maximum Gasteiger partial charge on any atom is 0.283 e. The number of amides is 1. The number of amidine groups is 1. The van der Waals surface area contributed by atoms with E-state index in [9.17, 15) is 13.2 Å². The van der Waals surface area contributed by atoms with Gasteiger partial charge in [-0.05, 0) is 42.8 Å². The Kier molecular flexibility index (Phi) is 5.24. The third-order valence-electron chi connectivity index (χ3n) is 3.96.